The number of halogens is 2. The predicted octanol–water partition coefficient (Wildman–Crippen LogP) is 6.26. The van der Waals surface area contributed by atoms with Crippen molar-refractivity contribution >= 4 is 79.4 Å². The van der Waals surface area contributed by atoms with Gasteiger partial charge in [-0.15, -0.1) is 0 Å². The molecule has 0 saturated heterocycles. The number of hydrogen-bond donors (Lipinski definition) is 0. The molecule has 9 heteroatoms. The fourth-order valence-corrected chi connectivity index (χ4v) is 5.02. The average molecular weight is 528 g/mol. The largest absolute Gasteiger partial charge is 0.314 e. The molecule has 0 N–H and O–H groups in total. The molecule has 3 heterocycles. The number of benzene rings is 3. The van der Waals surface area contributed by atoms with Gasteiger partial charge >= 0.3 is 0 Å². The zero-order valence-electron chi connectivity index (χ0n) is 19.9. The Labute approximate surface area is 221 Å². The molecule has 0 fully saturated rings. The number of hydrogen-bond acceptors (Lipinski definition) is 5. The Kier molecular flexibility index (Phi) is 5.55. The van der Waals surface area contributed by atoms with Crippen LogP contribution in [0.25, 0.3) is 38.7 Å². The molecule has 0 aliphatic carbocycles. The van der Waals surface area contributed by atoms with Crippen molar-refractivity contribution in [2.75, 3.05) is 0 Å². The molecule has 0 saturated carbocycles. The lowest BCUT2D eigenvalue weighted by molar-refractivity contribution is -0.141. The predicted molar refractivity (Wildman–Crippen MR) is 147 cm³/mol. The molecular formula is C28H19Cl2N5O2. The van der Waals surface area contributed by atoms with Crippen LogP contribution >= 0.6 is 23.2 Å². The van der Waals surface area contributed by atoms with E-state index in [0.717, 1.165) is 27.0 Å². The van der Waals surface area contributed by atoms with Gasteiger partial charge in [0.25, 0.3) is 11.8 Å². The second-order valence-electron chi connectivity index (χ2n) is 8.84. The summed E-state index contributed by atoms with van der Waals surface area (Å²) in [7, 11) is 0. The second kappa shape index (κ2) is 8.80. The Balaban J connectivity index is 1.41. The van der Waals surface area contributed by atoms with E-state index in [2.05, 4.69) is 5.10 Å². The van der Waals surface area contributed by atoms with Gasteiger partial charge in [0.05, 0.1) is 27.8 Å². The zero-order chi connectivity index (χ0) is 25.8. The lowest BCUT2D eigenvalue weighted by Crippen LogP contribution is -2.32. The van der Waals surface area contributed by atoms with E-state index in [0.29, 0.717) is 43.5 Å². The number of carbonyl (C=O) groups excluding carboxylic acids is 2. The minimum absolute atomic E-state index is 0.131. The monoisotopic (exact) mass is 527 g/mol. The Morgan fingerprint density at radius 3 is 2.43 bits per heavy atom. The van der Waals surface area contributed by atoms with Gasteiger partial charge < -0.3 is 4.57 Å². The van der Waals surface area contributed by atoms with Crippen LogP contribution in [0.4, 0.5) is 0 Å². The van der Waals surface area contributed by atoms with Crippen molar-refractivity contribution in [3.8, 4) is 0 Å². The van der Waals surface area contributed by atoms with E-state index in [4.69, 9.17) is 33.2 Å². The fourth-order valence-electron chi connectivity index (χ4n) is 4.72. The fraction of sp³-hybridized carbons (Fsp3) is 0.107. The van der Waals surface area contributed by atoms with Crippen LogP contribution < -0.4 is 0 Å². The van der Waals surface area contributed by atoms with Gasteiger partial charge in [0.2, 0.25) is 0 Å². The summed E-state index contributed by atoms with van der Waals surface area (Å²) in [6.07, 6.45) is 0. The number of imide groups is 1. The summed E-state index contributed by atoms with van der Waals surface area (Å²) in [6.45, 7) is 3.43. The molecule has 6 rings (SSSR count). The molecule has 0 radical (unpaired) electrons. The number of para-hydroxylation sites is 1. The topological polar surface area (TPSA) is 80.5 Å². The molecule has 2 aromatic heterocycles. The van der Waals surface area contributed by atoms with Gasteiger partial charge in [-0.05, 0) is 61.4 Å². The standard InChI is InChI=1S/C28H19Cl2N5O2/c1-15(17-7-9-18(29)10-8-17)25-16(2)33-35(28(25)37)24(36)14-34-23-6-4-3-5-20(23)26-27(34)32-21-12-11-19(30)13-22(21)31-26/h3-13H,14H2,1-2H3/b25-15-. The molecule has 5 aromatic rings. The SMILES string of the molecule is CC1=NN(C(=O)Cn2c3ccccc3c3nc4cc(Cl)ccc4nc32)C(=O)/C1=C(/C)c1ccc(Cl)cc1. The highest BCUT2D eigenvalue weighted by molar-refractivity contribution is 6.32. The lowest BCUT2D eigenvalue weighted by atomic mass is 9.98. The lowest BCUT2D eigenvalue weighted by Gasteiger charge is -2.13. The maximum absolute atomic E-state index is 13.5. The third-order valence-electron chi connectivity index (χ3n) is 6.51. The van der Waals surface area contributed by atoms with Crippen molar-refractivity contribution in [2.45, 2.75) is 20.4 Å². The number of amides is 2. The van der Waals surface area contributed by atoms with Crippen molar-refractivity contribution in [1.29, 1.82) is 0 Å². The minimum atomic E-state index is -0.469. The van der Waals surface area contributed by atoms with E-state index in [1.54, 1.807) is 41.8 Å². The van der Waals surface area contributed by atoms with Crippen LogP contribution in [0.1, 0.15) is 19.4 Å². The van der Waals surface area contributed by atoms with Gasteiger partial charge in [-0.2, -0.15) is 10.1 Å². The maximum Gasteiger partial charge on any atom is 0.283 e. The number of hydrazone groups is 1. The third-order valence-corrected chi connectivity index (χ3v) is 7.00. The Morgan fingerprint density at radius 1 is 0.919 bits per heavy atom. The number of carbonyl (C=O) groups is 2. The minimum Gasteiger partial charge on any atom is -0.314 e. The first-order chi connectivity index (χ1) is 17.8. The van der Waals surface area contributed by atoms with Gasteiger partial charge in [0.15, 0.2) is 5.65 Å². The number of aromatic nitrogens is 3. The van der Waals surface area contributed by atoms with Gasteiger partial charge in [-0.3, -0.25) is 9.59 Å². The first kappa shape index (κ1) is 23.3. The van der Waals surface area contributed by atoms with Gasteiger partial charge in [-0.1, -0.05) is 53.5 Å². The summed E-state index contributed by atoms with van der Waals surface area (Å²) in [4.78, 5) is 36.4. The molecule has 0 spiro atoms. The van der Waals surface area contributed by atoms with Crippen molar-refractivity contribution in [1.82, 2.24) is 19.5 Å². The highest BCUT2D eigenvalue weighted by Gasteiger charge is 2.34. The smallest absolute Gasteiger partial charge is 0.283 e. The zero-order valence-corrected chi connectivity index (χ0v) is 21.4. The normalized spacial score (nSPS) is 15.2. The van der Waals surface area contributed by atoms with E-state index >= 15 is 0 Å². The molecule has 0 atom stereocenters. The number of nitrogens with zero attached hydrogens (tertiary/aromatic N) is 5. The van der Waals surface area contributed by atoms with Crippen LogP contribution in [0.2, 0.25) is 10.0 Å². The van der Waals surface area contributed by atoms with Crippen molar-refractivity contribution < 1.29 is 9.59 Å². The molecular weight excluding hydrogens is 509 g/mol. The molecule has 182 valence electrons. The van der Waals surface area contributed by atoms with Crippen LogP contribution in [0, 0.1) is 0 Å². The molecule has 2 amide bonds. The van der Waals surface area contributed by atoms with Crippen LogP contribution in [-0.4, -0.2) is 37.1 Å². The quantitative estimate of drug-likeness (QED) is 0.259. The van der Waals surface area contributed by atoms with E-state index in [1.807, 2.05) is 43.3 Å². The van der Waals surface area contributed by atoms with Crippen LogP contribution in [0.3, 0.4) is 0 Å². The molecule has 7 nitrogen and oxygen atoms in total. The average Bonchev–Trinajstić information content (AvgIpc) is 3.35. The number of rotatable bonds is 3. The maximum atomic E-state index is 13.5. The molecule has 3 aromatic carbocycles. The summed E-state index contributed by atoms with van der Waals surface area (Å²) in [5, 5.41) is 7.29. The van der Waals surface area contributed by atoms with Gasteiger partial charge in [-0.25, -0.2) is 9.97 Å². The van der Waals surface area contributed by atoms with E-state index in [1.165, 1.54) is 0 Å². The molecule has 0 bridgehead atoms. The van der Waals surface area contributed by atoms with Gasteiger partial charge in [0.1, 0.15) is 12.1 Å². The highest BCUT2D eigenvalue weighted by Crippen LogP contribution is 2.30. The second-order valence-corrected chi connectivity index (χ2v) is 9.71. The summed E-state index contributed by atoms with van der Waals surface area (Å²) >= 11 is 12.2. The summed E-state index contributed by atoms with van der Waals surface area (Å²) in [6, 6.07) is 20.1. The molecule has 37 heavy (non-hydrogen) atoms. The van der Waals surface area contributed by atoms with Crippen molar-refractivity contribution in [3.05, 3.63) is 87.9 Å². The van der Waals surface area contributed by atoms with Crippen LogP contribution in [-0.2, 0) is 16.1 Å². The Hall–Kier alpha value is -4.07. The summed E-state index contributed by atoms with van der Waals surface area (Å²) in [5.41, 5.74) is 5.76. The Bertz CT molecular complexity index is 1840. The molecule has 0 unspecified atom stereocenters. The first-order valence-electron chi connectivity index (χ1n) is 11.6. The van der Waals surface area contributed by atoms with Crippen LogP contribution in [0.5, 0.6) is 0 Å². The summed E-state index contributed by atoms with van der Waals surface area (Å²) < 4.78 is 1.78. The van der Waals surface area contributed by atoms with Crippen LogP contribution in [0.15, 0.2) is 77.4 Å². The molecule has 1 aliphatic rings. The Morgan fingerprint density at radius 2 is 1.65 bits per heavy atom. The molecule has 1 aliphatic heterocycles. The van der Waals surface area contributed by atoms with E-state index in [-0.39, 0.29) is 6.54 Å². The highest BCUT2D eigenvalue weighted by atomic mass is 35.5. The van der Waals surface area contributed by atoms with Crippen molar-refractivity contribution in [3.63, 3.8) is 0 Å². The first-order valence-corrected chi connectivity index (χ1v) is 12.3. The summed E-state index contributed by atoms with van der Waals surface area (Å²) in [5.74, 6) is -0.925. The third kappa shape index (κ3) is 3.87. The number of fused-ring (bicyclic) bond motifs is 4. The van der Waals surface area contributed by atoms with Gasteiger partial charge in [0, 0.05) is 15.4 Å². The van der Waals surface area contributed by atoms with E-state index < -0.39 is 11.8 Å². The van der Waals surface area contributed by atoms with E-state index in [9.17, 15) is 9.59 Å². The van der Waals surface area contributed by atoms with Crippen molar-refractivity contribution in [2.24, 2.45) is 5.10 Å². The number of allylic oxidation sites excluding steroid dienone is 1.